The van der Waals surface area contributed by atoms with Crippen LogP contribution in [0.3, 0.4) is 0 Å². The molecule has 0 saturated heterocycles. The van der Waals surface area contributed by atoms with Gasteiger partial charge in [-0.05, 0) is 41.0 Å². The Kier molecular flexibility index (Phi) is 6.86. The van der Waals surface area contributed by atoms with E-state index in [4.69, 9.17) is 4.74 Å². The third-order valence-electron chi connectivity index (χ3n) is 4.24. The van der Waals surface area contributed by atoms with E-state index in [9.17, 15) is 14.7 Å². The van der Waals surface area contributed by atoms with Crippen LogP contribution in [0.15, 0.2) is 73.1 Å². The quantitative estimate of drug-likeness (QED) is 0.497. The molecule has 1 heterocycles. The number of nitrogens with one attached hydrogen (secondary N) is 1. The summed E-state index contributed by atoms with van der Waals surface area (Å²) in [5.41, 5.74) is 2.79. The first-order valence-corrected chi connectivity index (χ1v) is 9.57. The van der Waals surface area contributed by atoms with Crippen LogP contribution in [0.4, 0.5) is 0 Å². The van der Waals surface area contributed by atoms with Gasteiger partial charge in [-0.25, -0.2) is 4.79 Å². The first kappa shape index (κ1) is 20.4. The van der Waals surface area contributed by atoms with Gasteiger partial charge in [0.05, 0.1) is 6.20 Å². The van der Waals surface area contributed by atoms with Crippen molar-refractivity contribution in [2.24, 2.45) is 0 Å². The number of pyridine rings is 1. The van der Waals surface area contributed by atoms with Gasteiger partial charge in [-0.1, -0.05) is 36.4 Å². The summed E-state index contributed by atoms with van der Waals surface area (Å²) in [5.74, 6) is -0.950. The van der Waals surface area contributed by atoms with Crippen molar-refractivity contribution in [3.8, 4) is 16.9 Å². The first-order valence-electron chi connectivity index (χ1n) is 8.94. The number of carbonyl (C=O) groups excluding carboxylic acids is 1. The Hall–Kier alpha value is -3.32. The third-order valence-corrected chi connectivity index (χ3v) is 4.60. The molecule has 1 atom stereocenters. The molecule has 0 bridgehead atoms. The number of ether oxygens (including phenoxy) is 1. The lowest BCUT2D eigenvalue weighted by molar-refractivity contribution is -0.138. The largest absolute Gasteiger partial charge is 0.487 e. The second-order valence-corrected chi connectivity index (χ2v) is 6.64. The lowest BCUT2D eigenvalue weighted by atomic mass is 9.96. The van der Waals surface area contributed by atoms with E-state index in [0.717, 1.165) is 11.1 Å². The summed E-state index contributed by atoms with van der Waals surface area (Å²) < 4.78 is 5.75. The van der Waals surface area contributed by atoms with Crippen molar-refractivity contribution in [3.63, 3.8) is 0 Å². The number of carboxylic acid groups (broad SMARTS) is 1. The van der Waals surface area contributed by atoms with Crippen LogP contribution >= 0.6 is 12.6 Å². The maximum Gasteiger partial charge on any atom is 0.327 e. The average molecular weight is 408 g/mol. The molecule has 0 fully saturated rings. The molecule has 1 aromatic heterocycles. The molecule has 0 aliphatic rings. The molecule has 0 unspecified atom stereocenters. The van der Waals surface area contributed by atoms with Crippen molar-refractivity contribution in [2.45, 2.75) is 12.6 Å². The molecule has 3 rings (SSSR count). The number of amides is 1. The molecule has 6 nitrogen and oxygen atoms in total. The van der Waals surface area contributed by atoms with Crippen LogP contribution in [-0.4, -0.2) is 33.8 Å². The van der Waals surface area contributed by atoms with Gasteiger partial charge in [0, 0.05) is 17.5 Å². The lowest BCUT2D eigenvalue weighted by Crippen LogP contribution is -2.42. The Morgan fingerprint density at radius 2 is 1.90 bits per heavy atom. The number of aliphatic carboxylic acids is 1. The zero-order valence-corrected chi connectivity index (χ0v) is 16.4. The van der Waals surface area contributed by atoms with E-state index in [1.807, 2.05) is 42.5 Å². The highest BCUT2D eigenvalue weighted by Gasteiger charge is 2.21. The second kappa shape index (κ2) is 9.75. The van der Waals surface area contributed by atoms with E-state index in [0.29, 0.717) is 23.5 Å². The fourth-order valence-electron chi connectivity index (χ4n) is 2.76. The fraction of sp³-hybridized carbons (Fsp3) is 0.136. The maximum absolute atomic E-state index is 12.8. The zero-order chi connectivity index (χ0) is 20.6. The average Bonchev–Trinajstić information content (AvgIpc) is 2.76. The number of hydrogen-bond donors (Lipinski definition) is 3. The predicted octanol–water partition coefficient (Wildman–Crippen LogP) is 3.44. The van der Waals surface area contributed by atoms with Gasteiger partial charge in [0.1, 0.15) is 18.4 Å². The van der Waals surface area contributed by atoms with Crippen LogP contribution in [-0.2, 0) is 11.4 Å². The fourth-order valence-corrected chi connectivity index (χ4v) is 3.00. The highest BCUT2D eigenvalue weighted by molar-refractivity contribution is 7.80. The standard InChI is InChI=1S/C22H20N2O4S/c25-21(24-20(14-29)22(26)27)18-9-8-15(13-28-17-7-4-10-23-12-17)11-19(18)16-5-2-1-3-6-16/h1-12,20,29H,13-14H2,(H,24,25)(H,26,27)/t20-/m0/s1. The summed E-state index contributed by atoms with van der Waals surface area (Å²) in [7, 11) is 0. The molecular weight excluding hydrogens is 388 g/mol. The van der Waals surface area contributed by atoms with E-state index in [1.54, 1.807) is 30.6 Å². The van der Waals surface area contributed by atoms with Crippen LogP contribution in [0.25, 0.3) is 11.1 Å². The molecule has 0 radical (unpaired) electrons. The number of rotatable bonds is 8. The van der Waals surface area contributed by atoms with Crippen molar-refractivity contribution >= 4 is 24.5 Å². The lowest BCUT2D eigenvalue weighted by Gasteiger charge is -2.16. The number of carbonyl (C=O) groups is 2. The Morgan fingerprint density at radius 3 is 2.55 bits per heavy atom. The molecule has 1 amide bonds. The summed E-state index contributed by atoms with van der Waals surface area (Å²) >= 11 is 4.00. The molecule has 2 N–H and O–H groups in total. The van der Waals surface area contributed by atoms with E-state index >= 15 is 0 Å². The summed E-state index contributed by atoms with van der Waals surface area (Å²) in [4.78, 5) is 28.0. The maximum atomic E-state index is 12.8. The second-order valence-electron chi connectivity index (χ2n) is 6.27. The van der Waals surface area contributed by atoms with Crippen molar-refractivity contribution in [2.75, 3.05) is 5.75 Å². The predicted molar refractivity (Wildman–Crippen MR) is 113 cm³/mol. The van der Waals surface area contributed by atoms with Crippen LogP contribution in [0.5, 0.6) is 5.75 Å². The molecule has 29 heavy (non-hydrogen) atoms. The minimum absolute atomic E-state index is 0.00121. The SMILES string of the molecule is O=C(N[C@@H](CS)C(=O)O)c1ccc(COc2cccnc2)cc1-c1ccccc1. The topological polar surface area (TPSA) is 88.5 Å². The van der Waals surface area contributed by atoms with E-state index in [1.165, 1.54) is 0 Å². The monoisotopic (exact) mass is 408 g/mol. The number of thiol groups is 1. The van der Waals surface area contributed by atoms with Gasteiger partial charge < -0.3 is 15.2 Å². The van der Waals surface area contributed by atoms with Gasteiger partial charge >= 0.3 is 5.97 Å². The van der Waals surface area contributed by atoms with Crippen molar-refractivity contribution in [1.82, 2.24) is 10.3 Å². The minimum Gasteiger partial charge on any atom is -0.487 e. The number of benzene rings is 2. The smallest absolute Gasteiger partial charge is 0.327 e. The van der Waals surface area contributed by atoms with E-state index in [-0.39, 0.29) is 5.75 Å². The Morgan fingerprint density at radius 1 is 1.10 bits per heavy atom. The highest BCUT2D eigenvalue weighted by atomic mass is 32.1. The molecule has 7 heteroatoms. The van der Waals surface area contributed by atoms with Crippen LogP contribution in [0.1, 0.15) is 15.9 Å². The van der Waals surface area contributed by atoms with Crippen LogP contribution in [0, 0.1) is 0 Å². The van der Waals surface area contributed by atoms with Crippen molar-refractivity contribution < 1.29 is 19.4 Å². The van der Waals surface area contributed by atoms with Gasteiger partial charge in [-0.15, -0.1) is 0 Å². The van der Waals surface area contributed by atoms with E-state index < -0.39 is 17.9 Å². The number of aromatic nitrogens is 1. The third kappa shape index (κ3) is 5.36. The normalized spacial score (nSPS) is 11.5. The molecule has 0 aliphatic carbocycles. The van der Waals surface area contributed by atoms with Crippen LogP contribution in [0.2, 0.25) is 0 Å². The molecule has 148 valence electrons. The van der Waals surface area contributed by atoms with Crippen molar-refractivity contribution in [3.05, 3.63) is 84.2 Å². The zero-order valence-electron chi connectivity index (χ0n) is 15.5. The molecule has 0 spiro atoms. The minimum atomic E-state index is -1.13. The summed E-state index contributed by atoms with van der Waals surface area (Å²) in [6.45, 7) is 0.307. The Labute approximate surface area is 174 Å². The van der Waals surface area contributed by atoms with Gasteiger partial charge in [-0.3, -0.25) is 9.78 Å². The first-order chi connectivity index (χ1) is 14.1. The van der Waals surface area contributed by atoms with E-state index in [2.05, 4.69) is 22.9 Å². The Bertz CT molecular complexity index is 981. The number of carboxylic acids is 1. The van der Waals surface area contributed by atoms with Crippen LogP contribution < -0.4 is 10.1 Å². The summed E-state index contributed by atoms with van der Waals surface area (Å²) in [6, 6.07) is 17.3. The molecule has 2 aromatic carbocycles. The summed E-state index contributed by atoms with van der Waals surface area (Å²) in [5, 5.41) is 11.7. The summed E-state index contributed by atoms with van der Waals surface area (Å²) in [6.07, 6.45) is 3.30. The molecule has 0 aliphatic heterocycles. The molecule has 3 aromatic rings. The van der Waals surface area contributed by atoms with Gasteiger partial charge in [0.25, 0.3) is 5.91 Å². The van der Waals surface area contributed by atoms with Gasteiger partial charge in [0.15, 0.2) is 0 Å². The number of hydrogen-bond acceptors (Lipinski definition) is 5. The highest BCUT2D eigenvalue weighted by Crippen LogP contribution is 2.26. The van der Waals surface area contributed by atoms with Gasteiger partial charge in [-0.2, -0.15) is 12.6 Å². The molecular formula is C22H20N2O4S. The molecule has 0 saturated carbocycles. The Balaban J connectivity index is 1.89. The van der Waals surface area contributed by atoms with Gasteiger partial charge in [0.2, 0.25) is 0 Å². The number of nitrogens with zero attached hydrogens (tertiary/aromatic N) is 1. The van der Waals surface area contributed by atoms with Crippen molar-refractivity contribution in [1.29, 1.82) is 0 Å².